The monoisotopic (exact) mass is 535 g/mol. The molecular formula is C29H33N3O5S. The van der Waals surface area contributed by atoms with Gasteiger partial charge in [0.2, 0.25) is 10.0 Å². The number of sulfonamides is 1. The average Bonchev–Trinajstić information content (AvgIpc) is 2.92. The molecule has 0 spiro atoms. The van der Waals surface area contributed by atoms with Gasteiger partial charge in [-0.25, -0.2) is 13.2 Å². The van der Waals surface area contributed by atoms with Crippen molar-refractivity contribution >= 4 is 38.5 Å². The van der Waals surface area contributed by atoms with Crippen LogP contribution < -0.4 is 5.32 Å². The number of fused-ring (bicyclic) bond motifs is 2. The Morgan fingerprint density at radius 1 is 1.11 bits per heavy atom. The van der Waals surface area contributed by atoms with Crippen molar-refractivity contribution in [3.63, 3.8) is 0 Å². The Labute approximate surface area is 223 Å². The summed E-state index contributed by atoms with van der Waals surface area (Å²) < 4.78 is 33.4. The van der Waals surface area contributed by atoms with Crippen LogP contribution in [0.1, 0.15) is 59.8 Å². The Bertz CT molecular complexity index is 1500. The summed E-state index contributed by atoms with van der Waals surface area (Å²) in [6.07, 6.45) is 5.27. The molecule has 0 saturated carbocycles. The summed E-state index contributed by atoms with van der Waals surface area (Å²) in [5, 5.41) is 3.41. The number of piperidine rings is 1. The fourth-order valence-electron chi connectivity index (χ4n) is 5.40. The molecule has 1 aliphatic carbocycles. The molecule has 1 atom stereocenters. The normalized spacial score (nSPS) is 18.1. The second-order valence-corrected chi connectivity index (χ2v) is 12.3. The Balaban J connectivity index is 1.32. The summed E-state index contributed by atoms with van der Waals surface area (Å²) in [6, 6.07) is 12.3. The lowest BCUT2D eigenvalue weighted by atomic mass is 9.84. The van der Waals surface area contributed by atoms with Crippen molar-refractivity contribution in [1.29, 1.82) is 0 Å². The number of aryl methyl sites for hydroxylation is 2. The molecule has 0 unspecified atom stereocenters. The average molecular weight is 536 g/mol. The molecule has 2 aliphatic rings. The van der Waals surface area contributed by atoms with E-state index in [1.54, 1.807) is 19.1 Å². The van der Waals surface area contributed by atoms with Gasteiger partial charge in [0.05, 0.1) is 16.0 Å². The Morgan fingerprint density at radius 3 is 2.66 bits per heavy atom. The third-order valence-electron chi connectivity index (χ3n) is 7.45. The lowest BCUT2D eigenvalue weighted by Gasteiger charge is -2.26. The van der Waals surface area contributed by atoms with Gasteiger partial charge in [0.25, 0.3) is 5.91 Å². The van der Waals surface area contributed by atoms with E-state index in [-0.39, 0.29) is 4.90 Å². The number of rotatable bonds is 6. The lowest BCUT2D eigenvalue weighted by Crippen LogP contribution is -2.36. The van der Waals surface area contributed by atoms with E-state index in [1.807, 2.05) is 24.3 Å². The first-order valence-corrected chi connectivity index (χ1v) is 14.7. The van der Waals surface area contributed by atoms with Gasteiger partial charge in [-0.2, -0.15) is 4.31 Å². The summed E-state index contributed by atoms with van der Waals surface area (Å²) >= 11 is 0. The topological polar surface area (TPSA) is 106 Å². The molecule has 2 heterocycles. The second-order valence-electron chi connectivity index (χ2n) is 10.3. The Kier molecular flexibility index (Phi) is 7.49. The van der Waals surface area contributed by atoms with Crippen LogP contribution in [-0.4, -0.2) is 49.3 Å². The first kappa shape index (κ1) is 26.3. The number of nitrogens with zero attached hydrogens (tertiary/aromatic N) is 2. The molecule has 2 aromatic carbocycles. The third-order valence-corrected chi connectivity index (χ3v) is 9.49. The molecule has 200 valence electrons. The second kappa shape index (κ2) is 10.8. The molecule has 8 nitrogen and oxygen atoms in total. The minimum absolute atomic E-state index is 0.179. The lowest BCUT2D eigenvalue weighted by molar-refractivity contribution is -0.119. The zero-order valence-corrected chi connectivity index (χ0v) is 22.6. The maximum Gasteiger partial charge on any atom is 0.339 e. The van der Waals surface area contributed by atoms with Crippen LogP contribution in [0.15, 0.2) is 47.4 Å². The Morgan fingerprint density at radius 2 is 1.87 bits per heavy atom. The van der Waals surface area contributed by atoms with Crippen LogP contribution in [0.3, 0.4) is 0 Å². The third kappa shape index (κ3) is 5.31. The van der Waals surface area contributed by atoms with Crippen molar-refractivity contribution in [2.75, 3.05) is 25.0 Å². The molecule has 1 fully saturated rings. The molecular weight excluding hydrogens is 502 g/mol. The fraction of sp³-hybridized carbons (Fsp3) is 0.414. The molecule has 9 heteroatoms. The Hall–Kier alpha value is -3.30. The number of carbonyl (C=O) groups is 2. The van der Waals surface area contributed by atoms with E-state index in [0.717, 1.165) is 60.7 Å². The molecule has 1 aliphatic heterocycles. The minimum atomic E-state index is -3.66. The minimum Gasteiger partial charge on any atom is -0.452 e. The summed E-state index contributed by atoms with van der Waals surface area (Å²) in [4.78, 5) is 31.0. The molecule has 1 saturated heterocycles. The van der Waals surface area contributed by atoms with Gasteiger partial charge in [-0.15, -0.1) is 0 Å². The van der Waals surface area contributed by atoms with Crippen LogP contribution in [-0.2, 0) is 32.4 Å². The van der Waals surface area contributed by atoms with Crippen LogP contribution >= 0.6 is 0 Å². The largest absolute Gasteiger partial charge is 0.452 e. The highest BCUT2D eigenvalue weighted by Crippen LogP contribution is 2.32. The number of ether oxygens (including phenoxy) is 1. The van der Waals surface area contributed by atoms with Crippen molar-refractivity contribution in [2.45, 2.75) is 57.3 Å². The SMILES string of the molecule is Cc1ccc(NC(=O)COC(=O)c2c3c(nc4ccccc24)CC[C@H](C)C3)cc1S(=O)(=O)N1CCCCC1. The molecule has 5 rings (SSSR count). The van der Waals surface area contributed by atoms with Gasteiger partial charge in [-0.05, 0) is 74.3 Å². The number of esters is 1. The van der Waals surface area contributed by atoms with Crippen LogP contribution in [0.2, 0.25) is 0 Å². The number of anilines is 1. The predicted octanol–water partition coefficient (Wildman–Crippen LogP) is 4.64. The molecule has 1 aromatic heterocycles. The van der Waals surface area contributed by atoms with Gasteiger partial charge in [-0.1, -0.05) is 37.6 Å². The van der Waals surface area contributed by atoms with E-state index in [1.165, 1.54) is 10.4 Å². The number of carbonyl (C=O) groups excluding carboxylic acids is 2. The zero-order chi connectivity index (χ0) is 26.9. The van der Waals surface area contributed by atoms with Crippen molar-refractivity contribution in [2.24, 2.45) is 5.92 Å². The highest BCUT2D eigenvalue weighted by atomic mass is 32.2. The number of hydrogen-bond acceptors (Lipinski definition) is 6. The molecule has 3 aromatic rings. The van der Waals surface area contributed by atoms with E-state index in [2.05, 4.69) is 12.2 Å². The van der Waals surface area contributed by atoms with E-state index in [4.69, 9.17) is 9.72 Å². The van der Waals surface area contributed by atoms with Crippen LogP contribution in [0.4, 0.5) is 5.69 Å². The van der Waals surface area contributed by atoms with Crippen LogP contribution in [0, 0.1) is 12.8 Å². The van der Waals surface area contributed by atoms with Gasteiger partial charge in [0.15, 0.2) is 6.61 Å². The quantitative estimate of drug-likeness (QED) is 0.461. The van der Waals surface area contributed by atoms with Crippen molar-refractivity contribution in [3.8, 4) is 0 Å². The summed E-state index contributed by atoms with van der Waals surface area (Å²) in [5.41, 5.74) is 3.99. The van der Waals surface area contributed by atoms with E-state index in [9.17, 15) is 18.0 Å². The number of para-hydroxylation sites is 1. The van der Waals surface area contributed by atoms with Gasteiger partial charge in [0.1, 0.15) is 0 Å². The maximum absolute atomic E-state index is 13.3. The number of benzene rings is 2. The van der Waals surface area contributed by atoms with Crippen LogP contribution in [0.25, 0.3) is 10.9 Å². The van der Waals surface area contributed by atoms with Gasteiger partial charge >= 0.3 is 5.97 Å². The molecule has 0 bridgehead atoms. The van der Waals surface area contributed by atoms with Crippen molar-refractivity contribution < 1.29 is 22.7 Å². The summed E-state index contributed by atoms with van der Waals surface area (Å²) in [6.45, 7) is 4.41. The fourth-order valence-corrected chi connectivity index (χ4v) is 7.16. The van der Waals surface area contributed by atoms with E-state index >= 15 is 0 Å². The maximum atomic E-state index is 13.3. The van der Waals surface area contributed by atoms with Crippen LogP contribution in [0.5, 0.6) is 0 Å². The van der Waals surface area contributed by atoms with E-state index in [0.29, 0.717) is 35.8 Å². The van der Waals surface area contributed by atoms with Crippen molar-refractivity contribution in [1.82, 2.24) is 9.29 Å². The number of amides is 1. The standard InChI is InChI=1S/C29H33N3O5S/c1-19-10-13-25-23(16-19)28(22-8-4-5-9-24(22)31-25)29(34)37-18-27(33)30-21-12-11-20(2)26(17-21)38(35,36)32-14-6-3-7-15-32/h4-5,8-9,11-12,17,19H,3,6-7,10,13-16,18H2,1-2H3,(H,30,33)/t19-/m0/s1. The smallest absolute Gasteiger partial charge is 0.339 e. The van der Waals surface area contributed by atoms with Gasteiger partial charge in [0, 0.05) is 29.9 Å². The van der Waals surface area contributed by atoms with Gasteiger partial charge < -0.3 is 10.1 Å². The number of pyridine rings is 1. The highest BCUT2D eigenvalue weighted by Gasteiger charge is 2.29. The number of hydrogen-bond donors (Lipinski definition) is 1. The first-order chi connectivity index (χ1) is 18.2. The van der Waals surface area contributed by atoms with Gasteiger partial charge in [-0.3, -0.25) is 9.78 Å². The number of aromatic nitrogens is 1. The summed E-state index contributed by atoms with van der Waals surface area (Å²) in [7, 11) is -3.66. The molecule has 0 radical (unpaired) electrons. The van der Waals surface area contributed by atoms with Crippen molar-refractivity contribution in [3.05, 3.63) is 64.8 Å². The summed E-state index contributed by atoms with van der Waals surface area (Å²) in [5.74, 6) is -0.664. The number of nitrogens with one attached hydrogen (secondary N) is 1. The van der Waals surface area contributed by atoms with E-state index < -0.39 is 28.5 Å². The highest BCUT2D eigenvalue weighted by molar-refractivity contribution is 7.89. The molecule has 1 amide bonds. The molecule has 38 heavy (non-hydrogen) atoms. The zero-order valence-electron chi connectivity index (χ0n) is 21.8. The predicted molar refractivity (Wildman–Crippen MR) is 146 cm³/mol. The first-order valence-electron chi connectivity index (χ1n) is 13.2. The molecule has 1 N–H and O–H groups in total.